The maximum Gasteiger partial charge on any atom is 0.264 e. The molecule has 38 heavy (non-hydrogen) atoms. The number of para-hydroxylation sites is 1. The topological polar surface area (TPSA) is 112 Å². The fourth-order valence-corrected chi connectivity index (χ4v) is 6.10. The number of rotatable bonds is 7. The van der Waals surface area contributed by atoms with Crippen molar-refractivity contribution in [1.29, 1.82) is 0 Å². The number of aromatic nitrogens is 1. The number of phenols is 1. The number of fused-ring (bicyclic) bond motifs is 1. The van der Waals surface area contributed by atoms with Gasteiger partial charge in [-0.25, -0.2) is 8.42 Å². The molecule has 3 aromatic rings. The highest BCUT2D eigenvalue weighted by Gasteiger charge is 2.28. The van der Waals surface area contributed by atoms with Gasteiger partial charge in [0.05, 0.1) is 18.5 Å². The Labute approximate surface area is 222 Å². The molecule has 2 N–H and O–H groups in total. The van der Waals surface area contributed by atoms with E-state index in [1.807, 2.05) is 23.1 Å². The first-order chi connectivity index (χ1) is 18.3. The zero-order valence-corrected chi connectivity index (χ0v) is 21.9. The molecule has 10 heteroatoms. The van der Waals surface area contributed by atoms with Crippen LogP contribution >= 0.6 is 0 Å². The van der Waals surface area contributed by atoms with Crippen LogP contribution < -0.4 is 9.46 Å². The van der Waals surface area contributed by atoms with Gasteiger partial charge in [0.1, 0.15) is 16.4 Å². The van der Waals surface area contributed by atoms with Crippen molar-refractivity contribution in [3.05, 3.63) is 84.2 Å². The minimum absolute atomic E-state index is 0.0412. The second-order valence-electron chi connectivity index (χ2n) is 9.40. The lowest BCUT2D eigenvalue weighted by Crippen LogP contribution is -2.49. The number of hydrogen-bond acceptors (Lipinski definition) is 7. The smallest absolute Gasteiger partial charge is 0.264 e. The van der Waals surface area contributed by atoms with Crippen molar-refractivity contribution in [2.24, 2.45) is 5.92 Å². The number of benzene rings is 2. The maximum absolute atomic E-state index is 13.1. The third kappa shape index (κ3) is 5.51. The van der Waals surface area contributed by atoms with Crippen LogP contribution in [0.5, 0.6) is 11.5 Å². The Morgan fingerprint density at radius 3 is 2.66 bits per heavy atom. The van der Waals surface area contributed by atoms with Crippen molar-refractivity contribution in [3.63, 3.8) is 0 Å². The largest absolute Gasteiger partial charge is 0.508 e. The second-order valence-corrected chi connectivity index (χ2v) is 11.0. The Morgan fingerprint density at radius 1 is 1.13 bits per heavy atom. The van der Waals surface area contributed by atoms with Crippen molar-refractivity contribution < 1.29 is 23.1 Å². The van der Waals surface area contributed by atoms with E-state index in [1.54, 1.807) is 55.8 Å². The van der Waals surface area contributed by atoms with Crippen LogP contribution in [0.1, 0.15) is 12.0 Å². The van der Waals surface area contributed by atoms with Crippen molar-refractivity contribution in [2.45, 2.75) is 17.9 Å². The van der Waals surface area contributed by atoms with Crippen LogP contribution in [0.2, 0.25) is 0 Å². The number of ether oxygens (including phenoxy) is 1. The molecule has 0 bridgehead atoms. The number of nitrogens with zero attached hydrogens (tertiary/aromatic N) is 3. The molecule has 9 nitrogen and oxygen atoms in total. The summed E-state index contributed by atoms with van der Waals surface area (Å²) in [4.78, 5) is 21.6. The van der Waals surface area contributed by atoms with Crippen LogP contribution in [0.15, 0.2) is 83.5 Å². The number of pyridine rings is 1. The number of amides is 1. The van der Waals surface area contributed by atoms with Gasteiger partial charge in [0.25, 0.3) is 10.0 Å². The monoisotopic (exact) mass is 534 g/mol. The average molecular weight is 535 g/mol. The molecule has 1 unspecified atom stereocenters. The van der Waals surface area contributed by atoms with Gasteiger partial charge in [-0.3, -0.25) is 19.4 Å². The normalized spacial score (nSPS) is 18.3. The van der Waals surface area contributed by atoms with Crippen LogP contribution in [-0.2, 0) is 21.4 Å². The number of carbonyl (C=O) groups excluding carboxylic acids is 1. The summed E-state index contributed by atoms with van der Waals surface area (Å²) >= 11 is 0. The van der Waals surface area contributed by atoms with E-state index in [4.69, 9.17) is 4.74 Å². The minimum atomic E-state index is -3.84. The summed E-state index contributed by atoms with van der Waals surface area (Å²) in [6.07, 6.45) is 7.18. The molecule has 1 amide bonds. The Hall–Kier alpha value is -3.89. The molecular weight excluding hydrogens is 504 g/mol. The van der Waals surface area contributed by atoms with Crippen molar-refractivity contribution in [2.75, 3.05) is 33.3 Å². The third-order valence-corrected chi connectivity index (χ3v) is 8.32. The summed E-state index contributed by atoms with van der Waals surface area (Å²) in [5.74, 6) is 0.522. The van der Waals surface area contributed by atoms with Gasteiger partial charge in [-0.05, 0) is 30.7 Å². The molecule has 1 aromatic heterocycles. The second kappa shape index (κ2) is 10.8. The van der Waals surface area contributed by atoms with E-state index < -0.39 is 10.0 Å². The van der Waals surface area contributed by atoms with Gasteiger partial charge in [0.2, 0.25) is 5.91 Å². The van der Waals surface area contributed by atoms with E-state index in [1.165, 1.54) is 6.07 Å². The Morgan fingerprint density at radius 2 is 1.92 bits per heavy atom. The molecule has 1 aliphatic heterocycles. The Bertz CT molecular complexity index is 1510. The van der Waals surface area contributed by atoms with E-state index in [2.05, 4.69) is 14.6 Å². The van der Waals surface area contributed by atoms with Gasteiger partial charge in [0.15, 0.2) is 0 Å². The van der Waals surface area contributed by atoms with Crippen LogP contribution in [0.4, 0.5) is 0 Å². The SMILES string of the molecule is COc1cc(O)ccc1CN1CCN(C(=O)C2C=CC(NS(=O)(=O)c3cccc4cccnc34)=CC2)CC1. The molecule has 5 rings (SSSR count). The number of nitrogens with one attached hydrogen (secondary N) is 1. The van der Waals surface area contributed by atoms with Gasteiger partial charge in [-0.2, -0.15) is 0 Å². The summed E-state index contributed by atoms with van der Waals surface area (Å²) in [5, 5.41) is 10.4. The van der Waals surface area contributed by atoms with E-state index in [0.717, 1.165) is 24.0 Å². The number of allylic oxidation sites excluding steroid dienone is 2. The zero-order valence-electron chi connectivity index (χ0n) is 21.1. The van der Waals surface area contributed by atoms with E-state index >= 15 is 0 Å². The van der Waals surface area contributed by atoms with Crippen molar-refractivity contribution in [1.82, 2.24) is 19.5 Å². The lowest BCUT2D eigenvalue weighted by molar-refractivity contribution is -0.135. The predicted molar refractivity (Wildman–Crippen MR) is 144 cm³/mol. The van der Waals surface area contributed by atoms with Crippen LogP contribution in [0.25, 0.3) is 10.9 Å². The van der Waals surface area contributed by atoms with Crippen LogP contribution in [0.3, 0.4) is 0 Å². The molecular formula is C28H30N4O5S. The highest BCUT2D eigenvalue weighted by Crippen LogP contribution is 2.26. The Balaban J connectivity index is 1.16. The molecule has 0 spiro atoms. The Kier molecular flexibility index (Phi) is 7.35. The molecule has 198 valence electrons. The van der Waals surface area contributed by atoms with Gasteiger partial charge < -0.3 is 14.7 Å². The first kappa shape index (κ1) is 25.7. The molecule has 1 saturated heterocycles. The van der Waals surface area contributed by atoms with Gasteiger partial charge in [-0.1, -0.05) is 36.4 Å². The van der Waals surface area contributed by atoms with Gasteiger partial charge >= 0.3 is 0 Å². The number of carbonyl (C=O) groups is 1. The molecule has 2 aliphatic rings. The highest BCUT2D eigenvalue weighted by atomic mass is 32.2. The van der Waals surface area contributed by atoms with Gasteiger partial charge in [-0.15, -0.1) is 0 Å². The number of phenolic OH excluding ortho intramolecular Hbond substituents is 1. The quantitative estimate of drug-likeness (QED) is 0.479. The standard InChI is InChI=1S/C28H30N4O5S/c1-37-25-18-24(33)12-9-22(25)19-31-14-16-32(17-15-31)28(34)21-7-10-23(11-8-21)30-38(35,36)26-6-2-4-20-5-3-13-29-27(20)26/h2-7,9-13,18,21,30,33H,8,14-17,19H2,1H3. The first-order valence-electron chi connectivity index (χ1n) is 12.5. The molecule has 0 radical (unpaired) electrons. The number of piperazine rings is 1. The lowest BCUT2D eigenvalue weighted by Gasteiger charge is -2.36. The van der Waals surface area contributed by atoms with Crippen LogP contribution in [-0.4, -0.2) is 67.5 Å². The maximum atomic E-state index is 13.1. The molecule has 1 atom stereocenters. The fraction of sp³-hybridized carbons (Fsp3) is 0.286. The summed E-state index contributed by atoms with van der Waals surface area (Å²) < 4.78 is 34.2. The highest BCUT2D eigenvalue weighted by molar-refractivity contribution is 7.89. The predicted octanol–water partition coefficient (Wildman–Crippen LogP) is 3.03. The molecule has 2 aromatic carbocycles. The van der Waals surface area contributed by atoms with E-state index in [0.29, 0.717) is 43.0 Å². The summed E-state index contributed by atoms with van der Waals surface area (Å²) in [6.45, 7) is 3.35. The zero-order chi connectivity index (χ0) is 26.7. The van der Waals surface area contributed by atoms with Crippen molar-refractivity contribution >= 4 is 26.8 Å². The van der Waals surface area contributed by atoms with Crippen molar-refractivity contribution in [3.8, 4) is 11.5 Å². The third-order valence-electron chi connectivity index (χ3n) is 6.90. The van der Waals surface area contributed by atoms with Crippen LogP contribution in [0, 0.1) is 5.92 Å². The number of aromatic hydroxyl groups is 1. The number of sulfonamides is 1. The summed E-state index contributed by atoms with van der Waals surface area (Å²) in [7, 11) is -2.26. The first-order valence-corrected chi connectivity index (χ1v) is 13.9. The van der Waals surface area contributed by atoms with E-state index in [-0.39, 0.29) is 22.5 Å². The number of hydrogen-bond donors (Lipinski definition) is 2. The molecule has 1 fully saturated rings. The molecule has 0 saturated carbocycles. The average Bonchev–Trinajstić information content (AvgIpc) is 2.94. The number of methoxy groups -OCH3 is 1. The molecule has 2 heterocycles. The van der Waals surface area contributed by atoms with Gasteiger partial charge in [0, 0.05) is 61.6 Å². The lowest BCUT2D eigenvalue weighted by atomic mass is 9.97. The molecule has 1 aliphatic carbocycles. The summed E-state index contributed by atoms with van der Waals surface area (Å²) in [6, 6.07) is 13.7. The fourth-order valence-electron chi connectivity index (χ4n) is 4.85. The summed E-state index contributed by atoms with van der Waals surface area (Å²) in [5.41, 5.74) is 1.84. The van der Waals surface area contributed by atoms with E-state index in [9.17, 15) is 18.3 Å². The minimum Gasteiger partial charge on any atom is -0.508 e.